The van der Waals surface area contributed by atoms with Crippen molar-refractivity contribution < 1.29 is 14.3 Å². The zero-order chi connectivity index (χ0) is 17.8. The second kappa shape index (κ2) is 7.53. The number of hydrogen-bond acceptors (Lipinski definition) is 3. The van der Waals surface area contributed by atoms with Crippen molar-refractivity contribution in [2.45, 2.75) is 33.3 Å². The maximum Gasteiger partial charge on any atom is 0.224 e. The van der Waals surface area contributed by atoms with E-state index in [0.29, 0.717) is 13.0 Å². The molecule has 2 N–H and O–H groups in total. The van der Waals surface area contributed by atoms with Gasteiger partial charge in [-0.1, -0.05) is 36.4 Å². The standard InChI is InChI=1S/C21H23NO3/c1-14-3-8-19-18(13-25-21(19)15(14)2)11-20(24)22-10-9-16-4-6-17(12-23)7-5-16/h3-8,13,23H,9-12H2,1-2H3,(H,22,24). The van der Waals surface area contributed by atoms with Crippen LogP contribution in [0, 0.1) is 13.8 Å². The average molecular weight is 337 g/mol. The number of nitrogens with one attached hydrogen (secondary N) is 1. The molecule has 0 saturated carbocycles. The van der Waals surface area contributed by atoms with E-state index in [1.165, 1.54) is 5.56 Å². The molecule has 0 aliphatic rings. The number of aliphatic hydroxyl groups is 1. The van der Waals surface area contributed by atoms with Gasteiger partial charge in [0.2, 0.25) is 5.91 Å². The lowest BCUT2D eigenvalue weighted by atomic mass is 10.0. The minimum atomic E-state index is -0.00657. The molecule has 0 radical (unpaired) electrons. The molecule has 3 aromatic rings. The molecule has 0 fully saturated rings. The van der Waals surface area contributed by atoms with Crippen LogP contribution in [0.5, 0.6) is 0 Å². The minimum Gasteiger partial charge on any atom is -0.464 e. The molecule has 0 spiro atoms. The summed E-state index contributed by atoms with van der Waals surface area (Å²) in [7, 11) is 0. The lowest BCUT2D eigenvalue weighted by Crippen LogP contribution is -2.27. The summed E-state index contributed by atoms with van der Waals surface area (Å²) in [6.07, 6.45) is 2.77. The van der Waals surface area contributed by atoms with Crippen LogP contribution in [0.4, 0.5) is 0 Å². The molecule has 0 atom stereocenters. The van der Waals surface area contributed by atoms with Gasteiger partial charge in [0.25, 0.3) is 0 Å². The molecule has 0 bridgehead atoms. The molecule has 2 aromatic carbocycles. The van der Waals surface area contributed by atoms with E-state index in [1.54, 1.807) is 6.26 Å². The molecule has 1 heterocycles. The largest absolute Gasteiger partial charge is 0.464 e. The van der Waals surface area contributed by atoms with Crippen molar-refractivity contribution in [3.05, 3.63) is 70.5 Å². The Labute approximate surface area is 147 Å². The van der Waals surface area contributed by atoms with Crippen LogP contribution >= 0.6 is 0 Å². The van der Waals surface area contributed by atoms with Crippen LogP contribution in [0.15, 0.2) is 47.1 Å². The number of carbonyl (C=O) groups is 1. The molecule has 0 saturated heterocycles. The van der Waals surface area contributed by atoms with Crippen molar-refractivity contribution in [1.29, 1.82) is 0 Å². The van der Waals surface area contributed by atoms with E-state index in [0.717, 1.165) is 39.6 Å². The molecule has 4 nitrogen and oxygen atoms in total. The Balaban J connectivity index is 1.56. The van der Waals surface area contributed by atoms with Crippen LogP contribution < -0.4 is 5.32 Å². The van der Waals surface area contributed by atoms with Gasteiger partial charge < -0.3 is 14.8 Å². The van der Waals surface area contributed by atoms with Gasteiger partial charge in [0.1, 0.15) is 5.58 Å². The first kappa shape index (κ1) is 17.2. The summed E-state index contributed by atoms with van der Waals surface area (Å²) in [5.74, 6) is -0.00657. The van der Waals surface area contributed by atoms with E-state index >= 15 is 0 Å². The quantitative estimate of drug-likeness (QED) is 0.724. The van der Waals surface area contributed by atoms with Crippen molar-refractivity contribution >= 4 is 16.9 Å². The predicted molar refractivity (Wildman–Crippen MR) is 98.5 cm³/mol. The summed E-state index contributed by atoms with van der Waals surface area (Å²) in [4.78, 5) is 12.2. The molecule has 3 rings (SSSR count). The van der Waals surface area contributed by atoms with Gasteiger partial charge in [-0.05, 0) is 42.5 Å². The summed E-state index contributed by atoms with van der Waals surface area (Å²) in [6, 6.07) is 11.8. The van der Waals surface area contributed by atoms with E-state index in [4.69, 9.17) is 9.52 Å². The SMILES string of the molecule is Cc1ccc2c(CC(=O)NCCc3ccc(CO)cc3)coc2c1C. The minimum absolute atomic E-state index is 0.00657. The Bertz CT molecular complexity index is 878. The number of furan rings is 1. The van der Waals surface area contributed by atoms with E-state index in [9.17, 15) is 4.79 Å². The van der Waals surface area contributed by atoms with Crippen molar-refractivity contribution in [3.8, 4) is 0 Å². The fraction of sp³-hybridized carbons (Fsp3) is 0.286. The Morgan fingerprint density at radius 2 is 1.80 bits per heavy atom. The fourth-order valence-corrected chi connectivity index (χ4v) is 2.92. The molecule has 0 aliphatic carbocycles. The Morgan fingerprint density at radius 3 is 2.52 bits per heavy atom. The van der Waals surface area contributed by atoms with Crippen molar-refractivity contribution in [3.63, 3.8) is 0 Å². The van der Waals surface area contributed by atoms with E-state index in [1.807, 2.05) is 37.3 Å². The van der Waals surface area contributed by atoms with E-state index < -0.39 is 0 Å². The number of rotatable bonds is 6. The van der Waals surface area contributed by atoms with Gasteiger partial charge in [-0.15, -0.1) is 0 Å². The maximum absolute atomic E-state index is 12.2. The molecule has 1 aromatic heterocycles. The highest BCUT2D eigenvalue weighted by atomic mass is 16.3. The van der Waals surface area contributed by atoms with Crippen LogP contribution in [0.25, 0.3) is 11.0 Å². The lowest BCUT2D eigenvalue weighted by Gasteiger charge is -2.06. The Morgan fingerprint density at radius 1 is 1.08 bits per heavy atom. The smallest absolute Gasteiger partial charge is 0.224 e. The molecular formula is C21H23NO3. The number of hydrogen-bond donors (Lipinski definition) is 2. The summed E-state index contributed by atoms with van der Waals surface area (Å²) in [5, 5.41) is 13.0. The summed E-state index contributed by atoms with van der Waals surface area (Å²) in [6.45, 7) is 4.73. The van der Waals surface area contributed by atoms with Crippen LogP contribution in [-0.2, 0) is 24.2 Å². The van der Waals surface area contributed by atoms with E-state index in [-0.39, 0.29) is 12.5 Å². The highest BCUT2D eigenvalue weighted by Crippen LogP contribution is 2.26. The predicted octanol–water partition coefficient (Wildman–Crippen LogP) is 3.44. The van der Waals surface area contributed by atoms with Gasteiger partial charge in [-0.2, -0.15) is 0 Å². The van der Waals surface area contributed by atoms with Gasteiger partial charge in [0, 0.05) is 17.5 Å². The van der Waals surface area contributed by atoms with Crippen LogP contribution in [0.2, 0.25) is 0 Å². The molecule has 130 valence electrons. The third kappa shape index (κ3) is 3.91. The number of fused-ring (bicyclic) bond motifs is 1. The highest BCUT2D eigenvalue weighted by molar-refractivity contribution is 5.89. The molecule has 4 heteroatoms. The average Bonchev–Trinajstić information content (AvgIpc) is 3.02. The van der Waals surface area contributed by atoms with Crippen molar-refractivity contribution in [2.75, 3.05) is 6.54 Å². The van der Waals surface area contributed by atoms with Crippen molar-refractivity contribution in [1.82, 2.24) is 5.32 Å². The van der Waals surface area contributed by atoms with Crippen LogP contribution in [0.1, 0.15) is 27.8 Å². The summed E-state index contributed by atoms with van der Waals surface area (Å²) < 4.78 is 5.66. The molecule has 0 unspecified atom stereocenters. The third-order valence-electron chi connectivity index (χ3n) is 4.63. The number of benzene rings is 2. The maximum atomic E-state index is 12.2. The van der Waals surface area contributed by atoms with Crippen LogP contribution in [-0.4, -0.2) is 17.6 Å². The first-order valence-corrected chi connectivity index (χ1v) is 8.50. The van der Waals surface area contributed by atoms with Gasteiger partial charge in [0.15, 0.2) is 0 Å². The monoisotopic (exact) mass is 337 g/mol. The normalized spacial score (nSPS) is 11.0. The number of amides is 1. The molecular weight excluding hydrogens is 314 g/mol. The second-order valence-corrected chi connectivity index (χ2v) is 6.40. The topological polar surface area (TPSA) is 62.5 Å². The molecule has 0 aliphatic heterocycles. The summed E-state index contributed by atoms with van der Waals surface area (Å²) in [5.41, 5.74) is 6.12. The Kier molecular flexibility index (Phi) is 5.19. The van der Waals surface area contributed by atoms with Gasteiger partial charge in [-0.3, -0.25) is 4.79 Å². The zero-order valence-electron chi connectivity index (χ0n) is 14.6. The molecule has 25 heavy (non-hydrogen) atoms. The van der Waals surface area contributed by atoms with Gasteiger partial charge >= 0.3 is 0 Å². The summed E-state index contributed by atoms with van der Waals surface area (Å²) >= 11 is 0. The number of aryl methyl sites for hydroxylation is 2. The first-order valence-electron chi connectivity index (χ1n) is 8.50. The second-order valence-electron chi connectivity index (χ2n) is 6.40. The van der Waals surface area contributed by atoms with E-state index in [2.05, 4.69) is 18.3 Å². The zero-order valence-corrected chi connectivity index (χ0v) is 14.6. The number of aliphatic hydroxyl groups excluding tert-OH is 1. The fourth-order valence-electron chi connectivity index (χ4n) is 2.92. The Hall–Kier alpha value is -2.59. The first-order chi connectivity index (χ1) is 12.1. The third-order valence-corrected chi connectivity index (χ3v) is 4.63. The van der Waals surface area contributed by atoms with Crippen molar-refractivity contribution in [2.24, 2.45) is 0 Å². The van der Waals surface area contributed by atoms with Crippen LogP contribution in [0.3, 0.4) is 0 Å². The van der Waals surface area contributed by atoms with Gasteiger partial charge in [-0.25, -0.2) is 0 Å². The highest BCUT2D eigenvalue weighted by Gasteiger charge is 2.12. The lowest BCUT2D eigenvalue weighted by molar-refractivity contribution is -0.120. The number of carbonyl (C=O) groups excluding carboxylic acids is 1. The van der Waals surface area contributed by atoms with Gasteiger partial charge in [0.05, 0.1) is 19.3 Å². The molecule has 1 amide bonds.